The summed E-state index contributed by atoms with van der Waals surface area (Å²) in [6.45, 7) is 3.38. The van der Waals surface area contributed by atoms with Gasteiger partial charge in [-0.15, -0.1) is 0 Å². The highest BCUT2D eigenvalue weighted by atomic mass is 35.5. The molecule has 0 heterocycles. The zero-order valence-corrected chi connectivity index (χ0v) is 23.0. The number of nitrogens with one attached hydrogen (secondary N) is 1. The molecule has 3 rings (SSSR count). The summed E-state index contributed by atoms with van der Waals surface area (Å²) in [5.74, 6) is -0.839. The average Bonchev–Trinajstić information content (AvgIpc) is 2.85. The molecule has 196 valence electrons. The van der Waals surface area contributed by atoms with Crippen LogP contribution in [0.3, 0.4) is 0 Å². The lowest BCUT2D eigenvalue weighted by molar-refractivity contribution is -0.139. The molecule has 0 saturated heterocycles. The minimum Gasteiger partial charge on any atom is -0.357 e. The Labute approximate surface area is 224 Å². The van der Waals surface area contributed by atoms with Gasteiger partial charge >= 0.3 is 0 Å². The molecule has 1 unspecified atom stereocenters. The maximum absolute atomic E-state index is 13.9. The number of rotatable bonds is 10. The standard InChI is InChI=1S/C28H32ClN3O4S/c1-20-10-15-25(21(2)16-20)32(37(4,35)36)19-27(33)31(18-23-11-13-24(29)14-12-23)26(28(34)30-3)17-22-8-6-5-7-9-22/h5-16,26H,17-19H2,1-4H3,(H,30,34). The number of sulfonamides is 1. The van der Waals surface area contributed by atoms with E-state index in [0.29, 0.717) is 10.7 Å². The Morgan fingerprint density at radius 2 is 1.59 bits per heavy atom. The first-order valence-corrected chi connectivity index (χ1v) is 14.1. The maximum atomic E-state index is 13.9. The van der Waals surface area contributed by atoms with Crippen molar-refractivity contribution in [2.24, 2.45) is 0 Å². The van der Waals surface area contributed by atoms with Gasteiger partial charge in [0.15, 0.2) is 0 Å². The predicted molar refractivity (Wildman–Crippen MR) is 148 cm³/mol. The maximum Gasteiger partial charge on any atom is 0.244 e. The number of halogens is 1. The van der Waals surface area contributed by atoms with Crippen LogP contribution < -0.4 is 9.62 Å². The van der Waals surface area contributed by atoms with Crippen LogP contribution in [0.25, 0.3) is 0 Å². The number of aryl methyl sites for hydroxylation is 2. The van der Waals surface area contributed by atoms with Crippen molar-refractivity contribution in [3.05, 3.63) is 100 Å². The predicted octanol–water partition coefficient (Wildman–Crippen LogP) is 4.11. The van der Waals surface area contributed by atoms with Crippen LogP contribution in [0, 0.1) is 13.8 Å². The van der Waals surface area contributed by atoms with Gasteiger partial charge in [0.1, 0.15) is 12.6 Å². The SMILES string of the molecule is CNC(=O)C(Cc1ccccc1)N(Cc1ccc(Cl)cc1)C(=O)CN(c1ccc(C)cc1C)S(C)(=O)=O. The summed E-state index contributed by atoms with van der Waals surface area (Å²) in [5.41, 5.74) is 3.77. The van der Waals surface area contributed by atoms with E-state index in [1.807, 2.05) is 43.3 Å². The molecule has 0 aliphatic heterocycles. The zero-order valence-electron chi connectivity index (χ0n) is 21.4. The van der Waals surface area contributed by atoms with E-state index in [9.17, 15) is 18.0 Å². The monoisotopic (exact) mass is 541 g/mol. The molecule has 0 bridgehead atoms. The van der Waals surface area contributed by atoms with Gasteiger partial charge in [-0.1, -0.05) is 71.8 Å². The van der Waals surface area contributed by atoms with E-state index in [2.05, 4.69) is 5.32 Å². The smallest absolute Gasteiger partial charge is 0.244 e. The van der Waals surface area contributed by atoms with Crippen molar-refractivity contribution in [1.29, 1.82) is 0 Å². The Morgan fingerprint density at radius 1 is 0.946 bits per heavy atom. The van der Waals surface area contributed by atoms with E-state index in [-0.39, 0.29) is 18.9 Å². The Bertz CT molecular complexity index is 1350. The fourth-order valence-electron chi connectivity index (χ4n) is 4.19. The quantitative estimate of drug-likeness (QED) is 0.418. The molecule has 0 saturated carbocycles. The van der Waals surface area contributed by atoms with Crippen LogP contribution >= 0.6 is 11.6 Å². The van der Waals surface area contributed by atoms with Crippen molar-refractivity contribution in [3.8, 4) is 0 Å². The summed E-state index contributed by atoms with van der Waals surface area (Å²) in [6.07, 6.45) is 1.34. The minimum absolute atomic E-state index is 0.103. The fraction of sp³-hybridized carbons (Fsp3) is 0.286. The molecule has 0 aromatic heterocycles. The highest BCUT2D eigenvalue weighted by molar-refractivity contribution is 7.92. The molecule has 2 amide bonds. The van der Waals surface area contributed by atoms with Crippen LogP contribution in [0.2, 0.25) is 5.02 Å². The largest absolute Gasteiger partial charge is 0.357 e. The van der Waals surface area contributed by atoms with Gasteiger partial charge < -0.3 is 10.2 Å². The van der Waals surface area contributed by atoms with E-state index < -0.39 is 28.5 Å². The molecule has 0 spiro atoms. The van der Waals surface area contributed by atoms with Crippen molar-refractivity contribution in [2.75, 3.05) is 24.2 Å². The van der Waals surface area contributed by atoms with Gasteiger partial charge in [0.05, 0.1) is 11.9 Å². The number of hydrogen-bond donors (Lipinski definition) is 1. The molecule has 0 radical (unpaired) electrons. The summed E-state index contributed by atoms with van der Waals surface area (Å²) >= 11 is 6.05. The number of benzene rings is 3. The molecule has 7 nitrogen and oxygen atoms in total. The Kier molecular flexibility index (Phi) is 9.34. The second kappa shape index (κ2) is 12.3. The molecule has 9 heteroatoms. The third-order valence-corrected chi connectivity index (χ3v) is 7.46. The van der Waals surface area contributed by atoms with Gasteiger partial charge in [-0.05, 0) is 48.7 Å². The number of likely N-dealkylation sites (N-methyl/N-ethyl adjacent to an activating group) is 1. The summed E-state index contributed by atoms with van der Waals surface area (Å²) in [5, 5.41) is 3.21. The van der Waals surface area contributed by atoms with E-state index >= 15 is 0 Å². The fourth-order valence-corrected chi connectivity index (χ4v) is 5.22. The molecule has 3 aromatic rings. The van der Waals surface area contributed by atoms with Gasteiger partial charge in [-0.3, -0.25) is 13.9 Å². The molecular weight excluding hydrogens is 510 g/mol. The Morgan fingerprint density at radius 3 is 2.16 bits per heavy atom. The summed E-state index contributed by atoms with van der Waals surface area (Å²) in [7, 11) is -2.29. The van der Waals surface area contributed by atoms with Crippen LogP contribution in [0.4, 0.5) is 5.69 Å². The van der Waals surface area contributed by atoms with Gasteiger partial charge in [0.25, 0.3) is 0 Å². The van der Waals surface area contributed by atoms with Crippen molar-refractivity contribution < 1.29 is 18.0 Å². The molecule has 3 aromatic carbocycles. The van der Waals surface area contributed by atoms with Crippen molar-refractivity contribution in [2.45, 2.75) is 32.9 Å². The number of carbonyl (C=O) groups is 2. The van der Waals surface area contributed by atoms with Crippen molar-refractivity contribution in [1.82, 2.24) is 10.2 Å². The summed E-state index contributed by atoms with van der Waals surface area (Å²) in [4.78, 5) is 28.4. The van der Waals surface area contributed by atoms with Gasteiger partial charge in [-0.2, -0.15) is 0 Å². The normalized spacial score (nSPS) is 12.0. The minimum atomic E-state index is -3.80. The Balaban J connectivity index is 2.04. The highest BCUT2D eigenvalue weighted by Gasteiger charge is 2.32. The molecular formula is C28H32ClN3O4S. The third kappa shape index (κ3) is 7.57. The number of carbonyl (C=O) groups excluding carboxylic acids is 2. The first-order valence-electron chi connectivity index (χ1n) is 11.8. The van der Waals surface area contributed by atoms with Crippen LogP contribution in [0.15, 0.2) is 72.8 Å². The molecule has 37 heavy (non-hydrogen) atoms. The molecule has 0 aliphatic rings. The zero-order chi connectivity index (χ0) is 27.2. The highest BCUT2D eigenvalue weighted by Crippen LogP contribution is 2.25. The number of anilines is 1. The topological polar surface area (TPSA) is 86.8 Å². The summed E-state index contributed by atoms with van der Waals surface area (Å²) in [6, 6.07) is 20.9. The first-order chi connectivity index (χ1) is 17.5. The van der Waals surface area contributed by atoms with Gasteiger partial charge in [0, 0.05) is 25.0 Å². The van der Waals surface area contributed by atoms with Crippen molar-refractivity contribution in [3.63, 3.8) is 0 Å². The summed E-state index contributed by atoms with van der Waals surface area (Å²) < 4.78 is 26.8. The van der Waals surface area contributed by atoms with Gasteiger partial charge in [-0.25, -0.2) is 8.42 Å². The number of amides is 2. The third-order valence-electron chi connectivity index (χ3n) is 6.08. The second-order valence-electron chi connectivity index (χ2n) is 9.03. The van der Waals surface area contributed by atoms with Crippen LogP contribution in [0.1, 0.15) is 22.3 Å². The first kappa shape index (κ1) is 28.2. The van der Waals surface area contributed by atoms with E-state index in [0.717, 1.165) is 32.8 Å². The molecule has 0 aliphatic carbocycles. The van der Waals surface area contributed by atoms with E-state index in [1.54, 1.807) is 43.3 Å². The van der Waals surface area contributed by atoms with Crippen molar-refractivity contribution >= 4 is 39.1 Å². The lowest BCUT2D eigenvalue weighted by Crippen LogP contribution is -2.53. The van der Waals surface area contributed by atoms with E-state index in [4.69, 9.17) is 11.6 Å². The average molecular weight is 542 g/mol. The molecule has 1 atom stereocenters. The van der Waals surface area contributed by atoms with E-state index in [1.165, 1.54) is 11.9 Å². The molecule has 1 N–H and O–H groups in total. The number of nitrogens with zero attached hydrogens (tertiary/aromatic N) is 2. The van der Waals surface area contributed by atoms with Crippen LogP contribution in [0.5, 0.6) is 0 Å². The lowest BCUT2D eigenvalue weighted by atomic mass is 10.0. The van der Waals surface area contributed by atoms with Crippen LogP contribution in [-0.4, -0.2) is 51.0 Å². The van der Waals surface area contributed by atoms with Crippen LogP contribution in [-0.2, 0) is 32.6 Å². The lowest BCUT2D eigenvalue weighted by Gasteiger charge is -2.33. The second-order valence-corrected chi connectivity index (χ2v) is 11.4. The Hall–Kier alpha value is -3.36. The number of hydrogen-bond acceptors (Lipinski definition) is 4. The molecule has 0 fully saturated rings. The van der Waals surface area contributed by atoms with Gasteiger partial charge in [0.2, 0.25) is 21.8 Å².